The molecular weight excluding hydrogens is 432 g/mol. The molecule has 1 saturated heterocycles. The lowest BCUT2D eigenvalue weighted by Gasteiger charge is -2.28. The molecule has 0 aromatic heterocycles. The van der Waals surface area contributed by atoms with Crippen molar-refractivity contribution in [2.45, 2.75) is 19.9 Å². The van der Waals surface area contributed by atoms with E-state index in [0.717, 1.165) is 13.1 Å². The fraction of sp³-hybridized carbons (Fsp3) is 0.333. The number of phenols is 1. The Labute approximate surface area is 192 Å². The van der Waals surface area contributed by atoms with E-state index in [1.54, 1.807) is 30.3 Å². The van der Waals surface area contributed by atoms with Gasteiger partial charge in [0.2, 0.25) is 0 Å². The predicted molar refractivity (Wildman–Crippen MR) is 123 cm³/mol. The fourth-order valence-electron chi connectivity index (χ4n) is 3.88. The number of aromatic hydroxyl groups is 1. The number of carbonyl (C=O) groups excluding carboxylic acids is 2. The van der Waals surface area contributed by atoms with E-state index in [1.165, 1.54) is 24.1 Å². The van der Waals surface area contributed by atoms with E-state index in [1.807, 2.05) is 13.8 Å². The molecule has 1 fully saturated rings. The van der Waals surface area contributed by atoms with Gasteiger partial charge in [-0.2, -0.15) is 0 Å². The standard InChI is InChI=1S/C24H27ClN2O5/c1-4-26(5-2)12-13-27-21(15-6-8-16(25)9-7-15)20(23(30)24(27)31)22(29)18-11-10-17(32-3)14-19(18)28/h6-11,14,21,28-29H,4-5,12-13H2,1-3H3/b22-20+. The number of amides is 1. The molecule has 0 saturated carbocycles. The second-order valence-corrected chi connectivity index (χ2v) is 7.89. The van der Waals surface area contributed by atoms with Crippen LogP contribution in [-0.2, 0) is 9.59 Å². The quantitative estimate of drug-likeness (QED) is 0.355. The van der Waals surface area contributed by atoms with Gasteiger partial charge in [-0.05, 0) is 42.9 Å². The molecule has 1 unspecified atom stereocenters. The molecule has 32 heavy (non-hydrogen) atoms. The first-order chi connectivity index (χ1) is 15.3. The van der Waals surface area contributed by atoms with Crippen molar-refractivity contribution in [1.82, 2.24) is 9.80 Å². The molecule has 0 aliphatic carbocycles. The summed E-state index contributed by atoms with van der Waals surface area (Å²) < 4.78 is 5.08. The van der Waals surface area contributed by atoms with Gasteiger partial charge in [0.15, 0.2) is 0 Å². The van der Waals surface area contributed by atoms with Crippen LogP contribution in [0, 0.1) is 0 Å². The third kappa shape index (κ3) is 4.59. The van der Waals surface area contributed by atoms with Crippen LogP contribution in [0.3, 0.4) is 0 Å². The van der Waals surface area contributed by atoms with E-state index < -0.39 is 23.5 Å². The molecule has 7 nitrogen and oxygen atoms in total. The van der Waals surface area contributed by atoms with Gasteiger partial charge in [0, 0.05) is 24.2 Å². The maximum absolute atomic E-state index is 13.0. The lowest BCUT2D eigenvalue weighted by molar-refractivity contribution is -0.140. The molecule has 0 spiro atoms. The Balaban J connectivity index is 2.12. The number of aliphatic hydroxyl groups excluding tert-OH is 1. The summed E-state index contributed by atoms with van der Waals surface area (Å²) in [5, 5.41) is 22.0. The van der Waals surface area contributed by atoms with Crippen molar-refractivity contribution >= 4 is 29.1 Å². The summed E-state index contributed by atoms with van der Waals surface area (Å²) in [4.78, 5) is 29.6. The first-order valence-electron chi connectivity index (χ1n) is 10.5. The number of methoxy groups -OCH3 is 1. The van der Waals surface area contributed by atoms with Gasteiger partial charge in [0.05, 0.1) is 24.3 Å². The number of rotatable bonds is 8. The van der Waals surface area contributed by atoms with Crippen molar-refractivity contribution in [2.24, 2.45) is 0 Å². The molecule has 170 valence electrons. The number of aliphatic hydroxyl groups is 1. The molecule has 0 bridgehead atoms. The van der Waals surface area contributed by atoms with Crippen LogP contribution in [0.4, 0.5) is 0 Å². The smallest absolute Gasteiger partial charge is 0.295 e. The van der Waals surface area contributed by atoms with Crippen LogP contribution >= 0.6 is 11.6 Å². The lowest BCUT2D eigenvalue weighted by Crippen LogP contribution is -2.38. The highest BCUT2D eigenvalue weighted by Crippen LogP contribution is 2.41. The summed E-state index contributed by atoms with van der Waals surface area (Å²) in [5.41, 5.74) is 0.617. The molecule has 1 amide bonds. The minimum Gasteiger partial charge on any atom is -0.507 e. The number of carbonyl (C=O) groups is 2. The molecular formula is C24H27ClN2O5. The molecule has 1 heterocycles. The van der Waals surface area contributed by atoms with Gasteiger partial charge in [-0.1, -0.05) is 37.6 Å². The molecule has 3 rings (SSSR count). The van der Waals surface area contributed by atoms with E-state index in [4.69, 9.17) is 16.3 Å². The van der Waals surface area contributed by atoms with Gasteiger partial charge in [-0.25, -0.2) is 0 Å². The van der Waals surface area contributed by atoms with E-state index in [2.05, 4.69) is 4.90 Å². The number of hydrogen-bond donors (Lipinski definition) is 2. The Morgan fingerprint density at radius 1 is 1.12 bits per heavy atom. The van der Waals surface area contributed by atoms with Gasteiger partial charge < -0.3 is 24.7 Å². The zero-order valence-corrected chi connectivity index (χ0v) is 19.1. The van der Waals surface area contributed by atoms with E-state index in [-0.39, 0.29) is 16.9 Å². The van der Waals surface area contributed by atoms with Crippen LogP contribution in [0.25, 0.3) is 5.76 Å². The Kier molecular flexibility index (Phi) is 7.43. The summed E-state index contributed by atoms with van der Waals surface area (Å²) in [6.07, 6.45) is 0. The monoisotopic (exact) mass is 458 g/mol. The van der Waals surface area contributed by atoms with Gasteiger partial charge in [-0.15, -0.1) is 0 Å². The van der Waals surface area contributed by atoms with Gasteiger partial charge in [-0.3, -0.25) is 9.59 Å². The first kappa shape index (κ1) is 23.6. The first-order valence-corrected chi connectivity index (χ1v) is 10.8. The summed E-state index contributed by atoms with van der Waals surface area (Å²) in [6.45, 7) is 6.57. The van der Waals surface area contributed by atoms with Gasteiger partial charge in [0.25, 0.3) is 11.7 Å². The Bertz CT molecular complexity index is 1030. The predicted octanol–water partition coefficient (Wildman–Crippen LogP) is 3.82. The molecule has 1 aliphatic rings. The number of ether oxygens (including phenoxy) is 1. The van der Waals surface area contributed by atoms with Crippen molar-refractivity contribution < 1.29 is 24.5 Å². The third-order valence-electron chi connectivity index (χ3n) is 5.74. The number of phenolic OH excluding ortho intramolecular Hbond substituents is 1. The van der Waals surface area contributed by atoms with Crippen LogP contribution < -0.4 is 4.74 Å². The normalized spacial score (nSPS) is 17.9. The zero-order chi connectivity index (χ0) is 23.4. The number of likely N-dealkylation sites (N-methyl/N-ethyl adjacent to an activating group) is 1. The highest BCUT2D eigenvalue weighted by Gasteiger charge is 2.46. The number of Topliss-reactive ketones (excluding diaryl/α,β-unsaturated/α-hetero) is 1. The number of ketones is 1. The number of likely N-dealkylation sites (tertiary alicyclic amines) is 1. The Morgan fingerprint density at radius 2 is 1.78 bits per heavy atom. The molecule has 8 heteroatoms. The van der Waals surface area contributed by atoms with Crippen LogP contribution in [0.5, 0.6) is 11.5 Å². The van der Waals surface area contributed by atoms with Crippen LogP contribution in [-0.4, -0.2) is 65.0 Å². The maximum Gasteiger partial charge on any atom is 0.295 e. The minimum absolute atomic E-state index is 0.0477. The van der Waals surface area contributed by atoms with Crippen molar-refractivity contribution in [3.05, 3.63) is 64.2 Å². The second-order valence-electron chi connectivity index (χ2n) is 7.45. The number of benzene rings is 2. The van der Waals surface area contributed by atoms with Crippen molar-refractivity contribution in [3.8, 4) is 11.5 Å². The SMILES string of the molecule is CCN(CC)CCN1C(=O)C(=O)/C(=C(/O)c2ccc(OC)cc2O)C1c1ccc(Cl)cc1. The average molecular weight is 459 g/mol. The van der Waals surface area contributed by atoms with Gasteiger partial charge in [0.1, 0.15) is 17.3 Å². The van der Waals surface area contributed by atoms with Crippen molar-refractivity contribution in [2.75, 3.05) is 33.3 Å². The molecule has 2 aromatic rings. The Hall–Kier alpha value is -3.03. The fourth-order valence-corrected chi connectivity index (χ4v) is 4.00. The Morgan fingerprint density at radius 3 is 2.34 bits per heavy atom. The van der Waals surface area contributed by atoms with Crippen LogP contribution in [0.2, 0.25) is 5.02 Å². The molecule has 0 radical (unpaired) electrons. The highest BCUT2D eigenvalue weighted by atomic mass is 35.5. The molecule has 1 atom stereocenters. The maximum atomic E-state index is 13.0. The number of nitrogens with zero attached hydrogens (tertiary/aromatic N) is 2. The summed E-state index contributed by atoms with van der Waals surface area (Å²) in [6, 6.07) is 10.3. The van der Waals surface area contributed by atoms with Crippen LogP contribution in [0.1, 0.15) is 31.0 Å². The van der Waals surface area contributed by atoms with E-state index >= 15 is 0 Å². The highest BCUT2D eigenvalue weighted by molar-refractivity contribution is 6.46. The third-order valence-corrected chi connectivity index (χ3v) is 5.99. The summed E-state index contributed by atoms with van der Waals surface area (Å²) in [5.74, 6) is -1.78. The van der Waals surface area contributed by atoms with Crippen LogP contribution in [0.15, 0.2) is 48.0 Å². The average Bonchev–Trinajstić information content (AvgIpc) is 3.04. The number of halogens is 1. The topological polar surface area (TPSA) is 90.3 Å². The lowest BCUT2D eigenvalue weighted by atomic mass is 9.95. The van der Waals surface area contributed by atoms with Crippen molar-refractivity contribution in [3.63, 3.8) is 0 Å². The second kappa shape index (κ2) is 10.1. The van der Waals surface area contributed by atoms with E-state index in [0.29, 0.717) is 29.4 Å². The van der Waals surface area contributed by atoms with Gasteiger partial charge >= 0.3 is 0 Å². The minimum atomic E-state index is -0.802. The zero-order valence-electron chi connectivity index (χ0n) is 18.3. The largest absolute Gasteiger partial charge is 0.507 e. The molecule has 1 aliphatic heterocycles. The van der Waals surface area contributed by atoms with Crippen molar-refractivity contribution in [1.29, 1.82) is 0 Å². The molecule has 2 N–H and O–H groups in total. The van der Waals surface area contributed by atoms with E-state index in [9.17, 15) is 19.8 Å². The number of hydrogen-bond acceptors (Lipinski definition) is 6. The molecule has 2 aromatic carbocycles. The summed E-state index contributed by atoms with van der Waals surface area (Å²) >= 11 is 6.04. The summed E-state index contributed by atoms with van der Waals surface area (Å²) in [7, 11) is 1.45.